The monoisotopic (exact) mass is 456 g/mol. The second-order valence-corrected chi connectivity index (χ2v) is 7.34. The molecule has 1 saturated heterocycles. The third-order valence-electron chi connectivity index (χ3n) is 4.71. The molecule has 1 heterocycles. The molecule has 1 aliphatic rings. The molecular weight excluding hydrogens is 432 g/mol. The van der Waals surface area contributed by atoms with Crippen LogP contribution in [0.1, 0.15) is 36.7 Å². The lowest BCUT2D eigenvalue weighted by Gasteiger charge is -2.40. The standard InChI is InChI=1S/C24H24O9/c1-14(25)30-20-13-29-24(23(32-16(3)27)22(20)31-15(2)26)33-19-11-9-18(10-12-19)21(28)17-7-5-4-6-8-17/h4-12,20,22-24H,13H2,1-3H3/t20-,22+,23-,24+/m1/s1. The van der Waals surface area contributed by atoms with Crippen LogP contribution in [0, 0.1) is 0 Å². The van der Waals surface area contributed by atoms with E-state index in [-0.39, 0.29) is 12.4 Å². The molecule has 0 unspecified atom stereocenters. The number of ketones is 1. The molecule has 0 radical (unpaired) electrons. The van der Waals surface area contributed by atoms with Crippen LogP contribution in [-0.2, 0) is 33.3 Å². The predicted octanol–water partition coefficient (Wildman–Crippen LogP) is 2.45. The number of ether oxygens (including phenoxy) is 5. The predicted molar refractivity (Wildman–Crippen MR) is 113 cm³/mol. The summed E-state index contributed by atoms with van der Waals surface area (Å²) in [6, 6.07) is 15.2. The first-order valence-corrected chi connectivity index (χ1v) is 10.2. The van der Waals surface area contributed by atoms with Gasteiger partial charge >= 0.3 is 17.9 Å². The summed E-state index contributed by atoms with van der Waals surface area (Å²) in [6.07, 6.45) is -4.47. The Bertz CT molecular complexity index is 1000. The van der Waals surface area contributed by atoms with E-state index >= 15 is 0 Å². The van der Waals surface area contributed by atoms with Gasteiger partial charge in [0.05, 0.1) is 6.61 Å². The molecular formula is C24H24O9. The van der Waals surface area contributed by atoms with Crippen molar-refractivity contribution in [1.82, 2.24) is 0 Å². The molecule has 0 saturated carbocycles. The van der Waals surface area contributed by atoms with E-state index in [0.29, 0.717) is 16.9 Å². The highest BCUT2D eigenvalue weighted by atomic mass is 16.7. The van der Waals surface area contributed by atoms with E-state index in [2.05, 4.69) is 0 Å². The maximum Gasteiger partial charge on any atom is 0.303 e. The molecule has 9 nitrogen and oxygen atoms in total. The molecule has 4 atom stereocenters. The molecule has 9 heteroatoms. The number of benzene rings is 2. The molecule has 174 valence electrons. The molecule has 0 spiro atoms. The Morgan fingerprint density at radius 1 is 0.727 bits per heavy atom. The Morgan fingerprint density at radius 3 is 1.85 bits per heavy atom. The normalized spacial score (nSPS) is 22.0. The average Bonchev–Trinajstić information content (AvgIpc) is 2.77. The van der Waals surface area contributed by atoms with E-state index in [4.69, 9.17) is 23.7 Å². The Kier molecular flexibility index (Phi) is 7.78. The van der Waals surface area contributed by atoms with Gasteiger partial charge in [-0.25, -0.2) is 0 Å². The lowest BCUT2D eigenvalue weighted by molar-refractivity contribution is -0.259. The highest BCUT2D eigenvalue weighted by Gasteiger charge is 2.48. The topological polar surface area (TPSA) is 114 Å². The van der Waals surface area contributed by atoms with Crippen LogP contribution in [-0.4, -0.2) is 54.9 Å². The molecule has 0 aromatic heterocycles. The zero-order chi connectivity index (χ0) is 24.0. The molecule has 33 heavy (non-hydrogen) atoms. The van der Waals surface area contributed by atoms with Crippen molar-refractivity contribution < 1.29 is 42.9 Å². The minimum atomic E-state index is -1.20. The maximum absolute atomic E-state index is 12.6. The Morgan fingerprint density at radius 2 is 1.27 bits per heavy atom. The van der Waals surface area contributed by atoms with Crippen LogP contribution in [0.15, 0.2) is 54.6 Å². The largest absolute Gasteiger partial charge is 0.461 e. The van der Waals surface area contributed by atoms with Gasteiger partial charge < -0.3 is 23.7 Å². The van der Waals surface area contributed by atoms with Gasteiger partial charge in [0.15, 0.2) is 18.0 Å². The van der Waals surface area contributed by atoms with Gasteiger partial charge in [-0.05, 0) is 24.3 Å². The number of carbonyl (C=O) groups is 4. The molecule has 1 fully saturated rings. The van der Waals surface area contributed by atoms with Crippen LogP contribution in [0.3, 0.4) is 0 Å². The summed E-state index contributed by atoms with van der Waals surface area (Å²) in [6.45, 7) is 3.42. The molecule has 1 aliphatic heterocycles. The van der Waals surface area contributed by atoms with Crippen molar-refractivity contribution in [1.29, 1.82) is 0 Å². The first-order valence-electron chi connectivity index (χ1n) is 10.2. The second kappa shape index (κ2) is 10.7. The highest BCUT2D eigenvalue weighted by Crippen LogP contribution is 2.27. The smallest absolute Gasteiger partial charge is 0.303 e. The van der Waals surface area contributed by atoms with Gasteiger partial charge in [0.2, 0.25) is 12.4 Å². The van der Waals surface area contributed by atoms with E-state index in [1.807, 2.05) is 6.07 Å². The molecule has 2 aromatic carbocycles. The molecule has 3 rings (SSSR count). The number of hydrogen-bond acceptors (Lipinski definition) is 9. The van der Waals surface area contributed by atoms with Crippen LogP contribution in [0.2, 0.25) is 0 Å². The van der Waals surface area contributed by atoms with Crippen molar-refractivity contribution in [2.24, 2.45) is 0 Å². The van der Waals surface area contributed by atoms with Gasteiger partial charge in [-0.15, -0.1) is 0 Å². The van der Waals surface area contributed by atoms with Gasteiger partial charge in [0.1, 0.15) is 5.75 Å². The number of hydrogen-bond donors (Lipinski definition) is 0. The van der Waals surface area contributed by atoms with E-state index in [1.54, 1.807) is 48.5 Å². The van der Waals surface area contributed by atoms with E-state index in [1.165, 1.54) is 20.8 Å². The van der Waals surface area contributed by atoms with Crippen molar-refractivity contribution in [3.63, 3.8) is 0 Å². The van der Waals surface area contributed by atoms with Gasteiger partial charge in [-0.2, -0.15) is 0 Å². The Labute approximate surface area is 190 Å². The van der Waals surface area contributed by atoms with Crippen molar-refractivity contribution in [2.75, 3.05) is 6.61 Å². The van der Waals surface area contributed by atoms with Gasteiger partial charge in [0, 0.05) is 31.9 Å². The fourth-order valence-electron chi connectivity index (χ4n) is 3.39. The quantitative estimate of drug-likeness (QED) is 0.352. The first kappa shape index (κ1) is 23.9. The van der Waals surface area contributed by atoms with Crippen LogP contribution >= 0.6 is 0 Å². The summed E-state index contributed by atoms with van der Waals surface area (Å²) >= 11 is 0. The van der Waals surface area contributed by atoms with Gasteiger partial charge in [-0.3, -0.25) is 19.2 Å². The maximum atomic E-state index is 12.6. The third-order valence-corrected chi connectivity index (χ3v) is 4.71. The fraction of sp³-hybridized carbons (Fsp3) is 0.333. The zero-order valence-corrected chi connectivity index (χ0v) is 18.4. The van der Waals surface area contributed by atoms with Crippen molar-refractivity contribution >= 4 is 23.7 Å². The Hall–Kier alpha value is -3.72. The molecule has 0 aliphatic carbocycles. The molecule has 0 N–H and O–H groups in total. The molecule has 0 amide bonds. The number of esters is 3. The summed E-state index contributed by atoms with van der Waals surface area (Å²) < 4.78 is 27.2. The summed E-state index contributed by atoms with van der Waals surface area (Å²) in [4.78, 5) is 47.4. The summed E-state index contributed by atoms with van der Waals surface area (Å²) in [5, 5.41) is 0. The highest BCUT2D eigenvalue weighted by molar-refractivity contribution is 6.08. The second-order valence-electron chi connectivity index (χ2n) is 7.34. The summed E-state index contributed by atoms with van der Waals surface area (Å²) in [7, 11) is 0. The minimum Gasteiger partial charge on any atom is -0.461 e. The third kappa shape index (κ3) is 6.39. The van der Waals surface area contributed by atoms with Gasteiger partial charge in [0.25, 0.3) is 0 Å². The number of carbonyl (C=O) groups excluding carboxylic acids is 4. The summed E-state index contributed by atoms with van der Waals surface area (Å²) in [5.41, 5.74) is 1.01. The zero-order valence-electron chi connectivity index (χ0n) is 18.4. The van der Waals surface area contributed by atoms with Crippen molar-refractivity contribution in [3.05, 3.63) is 65.7 Å². The van der Waals surface area contributed by atoms with Crippen LogP contribution in [0.25, 0.3) is 0 Å². The van der Waals surface area contributed by atoms with Crippen molar-refractivity contribution in [3.8, 4) is 5.75 Å². The van der Waals surface area contributed by atoms with E-state index in [9.17, 15) is 19.2 Å². The van der Waals surface area contributed by atoms with Crippen LogP contribution in [0.4, 0.5) is 0 Å². The van der Waals surface area contributed by atoms with E-state index < -0.39 is 42.5 Å². The lowest BCUT2D eigenvalue weighted by Crippen LogP contribution is -2.59. The minimum absolute atomic E-state index is 0.145. The Balaban J connectivity index is 1.79. The van der Waals surface area contributed by atoms with Crippen LogP contribution < -0.4 is 4.74 Å². The first-order chi connectivity index (χ1) is 15.7. The van der Waals surface area contributed by atoms with Crippen molar-refractivity contribution in [2.45, 2.75) is 45.4 Å². The SMILES string of the molecule is CC(=O)O[C@@H]1[C@@H](OC(C)=O)[C@H](Oc2ccc(C(=O)c3ccccc3)cc2)OC[C@H]1OC(C)=O. The van der Waals surface area contributed by atoms with Crippen LogP contribution in [0.5, 0.6) is 5.75 Å². The molecule has 0 bridgehead atoms. The lowest BCUT2D eigenvalue weighted by atomic mass is 10.0. The number of rotatable bonds is 7. The van der Waals surface area contributed by atoms with Gasteiger partial charge in [-0.1, -0.05) is 30.3 Å². The van der Waals surface area contributed by atoms with E-state index in [0.717, 1.165) is 0 Å². The summed E-state index contributed by atoms with van der Waals surface area (Å²) in [5.74, 6) is -1.75. The average molecular weight is 456 g/mol. The molecule has 2 aromatic rings. The fourth-order valence-corrected chi connectivity index (χ4v) is 3.39.